The maximum absolute atomic E-state index is 13.9. The van der Waals surface area contributed by atoms with Gasteiger partial charge in [0.05, 0.1) is 5.60 Å². The molecule has 1 aromatic rings. The molecule has 1 heterocycles. The number of likely N-dealkylation sites (tertiary alicyclic amines) is 1. The standard InChI is InChI=1S/C17H23BrFNO3/c1-16(2,3)23-15(21)20-8-6-17(22,7-9-20)11-12-4-5-13(18)10-14(12)19/h4-5,10,22H,6-9,11H2,1-3H3. The van der Waals surface area contributed by atoms with E-state index in [4.69, 9.17) is 4.74 Å². The predicted molar refractivity (Wildman–Crippen MR) is 89.8 cm³/mol. The fraction of sp³-hybridized carbons (Fsp3) is 0.588. The monoisotopic (exact) mass is 387 g/mol. The Morgan fingerprint density at radius 3 is 2.52 bits per heavy atom. The molecular weight excluding hydrogens is 365 g/mol. The number of rotatable bonds is 2. The number of benzene rings is 1. The van der Waals surface area contributed by atoms with Gasteiger partial charge in [-0.05, 0) is 51.3 Å². The molecule has 0 saturated carbocycles. The van der Waals surface area contributed by atoms with Crippen molar-refractivity contribution in [2.24, 2.45) is 0 Å². The van der Waals surface area contributed by atoms with Gasteiger partial charge in [-0.15, -0.1) is 0 Å². The minimum Gasteiger partial charge on any atom is -0.444 e. The van der Waals surface area contributed by atoms with Gasteiger partial charge in [-0.3, -0.25) is 0 Å². The van der Waals surface area contributed by atoms with Crippen LogP contribution in [0.2, 0.25) is 0 Å². The van der Waals surface area contributed by atoms with Crippen LogP contribution in [-0.2, 0) is 11.2 Å². The van der Waals surface area contributed by atoms with Gasteiger partial charge in [0.1, 0.15) is 11.4 Å². The summed E-state index contributed by atoms with van der Waals surface area (Å²) >= 11 is 3.22. The number of hydrogen-bond donors (Lipinski definition) is 1. The highest BCUT2D eigenvalue weighted by atomic mass is 79.9. The van der Waals surface area contributed by atoms with E-state index in [2.05, 4.69) is 15.9 Å². The van der Waals surface area contributed by atoms with Crippen molar-refractivity contribution >= 4 is 22.0 Å². The molecule has 1 aromatic carbocycles. The van der Waals surface area contributed by atoms with Gasteiger partial charge in [0.15, 0.2) is 0 Å². The topological polar surface area (TPSA) is 49.8 Å². The SMILES string of the molecule is CC(C)(C)OC(=O)N1CCC(O)(Cc2ccc(Br)cc2F)CC1. The molecule has 1 aliphatic rings. The van der Waals surface area contributed by atoms with Crippen molar-refractivity contribution in [1.82, 2.24) is 4.90 Å². The Balaban J connectivity index is 1.95. The maximum Gasteiger partial charge on any atom is 0.410 e. The van der Waals surface area contributed by atoms with E-state index >= 15 is 0 Å². The lowest BCUT2D eigenvalue weighted by molar-refractivity contribution is -0.0319. The van der Waals surface area contributed by atoms with Crippen molar-refractivity contribution in [3.8, 4) is 0 Å². The largest absolute Gasteiger partial charge is 0.444 e. The highest BCUT2D eigenvalue weighted by Gasteiger charge is 2.36. The third-order valence-corrected chi connectivity index (χ3v) is 4.37. The van der Waals surface area contributed by atoms with E-state index in [1.807, 2.05) is 20.8 Å². The lowest BCUT2D eigenvalue weighted by Gasteiger charge is -2.38. The molecule has 0 bridgehead atoms. The van der Waals surface area contributed by atoms with Crippen LogP contribution in [0, 0.1) is 5.82 Å². The number of amides is 1. The molecule has 1 fully saturated rings. The van der Waals surface area contributed by atoms with Gasteiger partial charge >= 0.3 is 6.09 Å². The summed E-state index contributed by atoms with van der Waals surface area (Å²) in [6.07, 6.45) is 0.687. The van der Waals surface area contributed by atoms with Gasteiger partial charge in [0.2, 0.25) is 0 Å². The number of aliphatic hydroxyl groups is 1. The molecule has 1 N–H and O–H groups in total. The molecule has 1 amide bonds. The average Bonchev–Trinajstić information content (AvgIpc) is 2.41. The quantitative estimate of drug-likeness (QED) is 0.836. The van der Waals surface area contributed by atoms with Crippen LogP contribution in [0.15, 0.2) is 22.7 Å². The van der Waals surface area contributed by atoms with E-state index in [-0.39, 0.29) is 18.3 Å². The van der Waals surface area contributed by atoms with Crippen molar-refractivity contribution in [3.63, 3.8) is 0 Å². The Morgan fingerprint density at radius 2 is 2.00 bits per heavy atom. The van der Waals surface area contributed by atoms with Crippen LogP contribution in [-0.4, -0.2) is 40.4 Å². The van der Waals surface area contributed by atoms with Gasteiger partial charge in [-0.25, -0.2) is 9.18 Å². The summed E-state index contributed by atoms with van der Waals surface area (Å²) in [6.45, 7) is 6.28. The maximum atomic E-state index is 13.9. The van der Waals surface area contributed by atoms with E-state index in [0.29, 0.717) is 36.0 Å². The molecule has 0 atom stereocenters. The molecular formula is C17H23BrFNO3. The van der Waals surface area contributed by atoms with Crippen molar-refractivity contribution in [2.45, 2.75) is 51.2 Å². The Kier molecular flexibility index (Phi) is 5.36. The van der Waals surface area contributed by atoms with Crippen LogP contribution >= 0.6 is 15.9 Å². The second-order valence-electron chi connectivity index (χ2n) is 7.10. The van der Waals surface area contributed by atoms with Gasteiger partial charge in [0, 0.05) is 24.0 Å². The zero-order chi connectivity index (χ0) is 17.3. The number of carbonyl (C=O) groups is 1. The molecule has 23 heavy (non-hydrogen) atoms. The zero-order valence-electron chi connectivity index (χ0n) is 13.7. The van der Waals surface area contributed by atoms with Gasteiger partial charge < -0.3 is 14.7 Å². The smallest absolute Gasteiger partial charge is 0.410 e. The van der Waals surface area contributed by atoms with Gasteiger partial charge in [0.25, 0.3) is 0 Å². The molecule has 1 saturated heterocycles. The predicted octanol–water partition coefficient (Wildman–Crippen LogP) is 3.89. The first-order valence-corrected chi connectivity index (χ1v) is 8.52. The minimum atomic E-state index is -0.993. The average molecular weight is 388 g/mol. The molecule has 0 aromatic heterocycles. The Hall–Kier alpha value is -1.14. The number of halogens is 2. The molecule has 0 radical (unpaired) electrons. The van der Waals surface area contributed by atoms with Crippen LogP contribution < -0.4 is 0 Å². The summed E-state index contributed by atoms with van der Waals surface area (Å²) in [5.41, 5.74) is -1.04. The summed E-state index contributed by atoms with van der Waals surface area (Å²) in [6, 6.07) is 4.84. The fourth-order valence-corrected chi connectivity index (χ4v) is 2.96. The zero-order valence-corrected chi connectivity index (χ0v) is 15.3. The number of ether oxygens (including phenoxy) is 1. The van der Waals surface area contributed by atoms with E-state index in [1.165, 1.54) is 6.07 Å². The first-order valence-electron chi connectivity index (χ1n) is 7.72. The summed E-state index contributed by atoms with van der Waals surface area (Å²) in [5, 5.41) is 10.7. The summed E-state index contributed by atoms with van der Waals surface area (Å²) in [7, 11) is 0. The molecule has 0 aliphatic carbocycles. The van der Waals surface area contributed by atoms with Crippen LogP contribution in [0.3, 0.4) is 0 Å². The first kappa shape index (κ1) is 18.2. The van der Waals surface area contributed by atoms with Crippen LogP contribution in [0.25, 0.3) is 0 Å². The van der Waals surface area contributed by atoms with Crippen molar-refractivity contribution in [3.05, 3.63) is 34.1 Å². The fourth-order valence-electron chi connectivity index (χ4n) is 2.63. The summed E-state index contributed by atoms with van der Waals surface area (Å²) in [5.74, 6) is -0.331. The number of piperidine rings is 1. The molecule has 1 aliphatic heterocycles. The summed E-state index contributed by atoms with van der Waals surface area (Å²) < 4.78 is 19.9. The number of hydrogen-bond acceptors (Lipinski definition) is 3. The van der Waals surface area contributed by atoms with Gasteiger partial charge in [-0.1, -0.05) is 22.0 Å². The van der Waals surface area contributed by atoms with E-state index in [9.17, 15) is 14.3 Å². The summed E-state index contributed by atoms with van der Waals surface area (Å²) in [4.78, 5) is 13.6. The normalized spacial score (nSPS) is 17.9. The Labute approximate surface area is 144 Å². The van der Waals surface area contributed by atoms with Crippen LogP contribution in [0.5, 0.6) is 0 Å². The van der Waals surface area contributed by atoms with E-state index in [0.717, 1.165) is 0 Å². The third-order valence-electron chi connectivity index (χ3n) is 3.88. The molecule has 0 unspecified atom stereocenters. The Morgan fingerprint density at radius 1 is 1.39 bits per heavy atom. The minimum absolute atomic E-state index is 0.244. The van der Waals surface area contributed by atoms with Crippen molar-refractivity contribution in [2.75, 3.05) is 13.1 Å². The van der Waals surface area contributed by atoms with Crippen LogP contribution in [0.4, 0.5) is 9.18 Å². The second-order valence-corrected chi connectivity index (χ2v) is 8.02. The highest BCUT2D eigenvalue weighted by molar-refractivity contribution is 9.10. The molecule has 0 spiro atoms. The third kappa shape index (κ3) is 5.18. The van der Waals surface area contributed by atoms with Crippen molar-refractivity contribution in [1.29, 1.82) is 0 Å². The lowest BCUT2D eigenvalue weighted by atomic mass is 9.85. The van der Waals surface area contributed by atoms with E-state index < -0.39 is 11.2 Å². The number of nitrogens with zero attached hydrogens (tertiary/aromatic N) is 1. The molecule has 6 heteroatoms. The van der Waals surface area contributed by atoms with E-state index in [1.54, 1.807) is 17.0 Å². The number of carbonyl (C=O) groups excluding carboxylic acids is 1. The second kappa shape index (κ2) is 6.77. The first-order chi connectivity index (χ1) is 10.6. The molecule has 128 valence electrons. The highest BCUT2D eigenvalue weighted by Crippen LogP contribution is 2.29. The van der Waals surface area contributed by atoms with Gasteiger partial charge in [-0.2, -0.15) is 0 Å². The molecule has 4 nitrogen and oxygen atoms in total. The van der Waals surface area contributed by atoms with Crippen molar-refractivity contribution < 1.29 is 19.0 Å². The molecule has 2 rings (SSSR count). The Bertz CT molecular complexity index is 578. The van der Waals surface area contributed by atoms with Crippen LogP contribution in [0.1, 0.15) is 39.2 Å². The lowest BCUT2D eigenvalue weighted by Crippen LogP contribution is -2.49.